The molecule has 1 aliphatic heterocycles. The number of rotatable bonds is 6. The van der Waals surface area contributed by atoms with E-state index in [9.17, 15) is 19.7 Å². The van der Waals surface area contributed by atoms with Gasteiger partial charge in [0.15, 0.2) is 0 Å². The molecule has 1 saturated heterocycles. The number of hydrogen-bond donors (Lipinski definition) is 1. The van der Waals surface area contributed by atoms with Crippen molar-refractivity contribution < 1.29 is 9.72 Å². The molecule has 3 aromatic rings. The van der Waals surface area contributed by atoms with Crippen LogP contribution in [0, 0.1) is 10.1 Å². The highest BCUT2D eigenvalue weighted by molar-refractivity contribution is 5.89. The Morgan fingerprint density at radius 1 is 1.17 bits per heavy atom. The minimum absolute atomic E-state index is 0.0246. The van der Waals surface area contributed by atoms with Crippen LogP contribution in [0.5, 0.6) is 0 Å². The molecule has 1 fully saturated rings. The van der Waals surface area contributed by atoms with E-state index in [4.69, 9.17) is 4.98 Å². The number of benzene rings is 2. The van der Waals surface area contributed by atoms with Crippen LogP contribution < -0.4 is 10.9 Å². The van der Waals surface area contributed by atoms with E-state index < -0.39 is 4.92 Å². The lowest BCUT2D eigenvalue weighted by Gasteiger charge is -2.43. The van der Waals surface area contributed by atoms with Crippen LogP contribution >= 0.6 is 0 Å². The van der Waals surface area contributed by atoms with Gasteiger partial charge in [-0.05, 0) is 44.5 Å². The average Bonchev–Trinajstić information content (AvgIpc) is 2.85. The Balaban J connectivity index is 1.50. The van der Waals surface area contributed by atoms with E-state index in [1.165, 1.54) is 24.3 Å². The molecule has 1 aromatic heterocycles. The summed E-state index contributed by atoms with van der Waals surface area (Å²) < 4.78 is 1.76. The van der Waals surface area contributed by atoms with Crippen LogP contribution in [0.1, 0.15) is 39.1 Å². The molecule has 2 amide bonds. The number of hydrogen-bond acceptors (Lipinski definition) is 6. The number of nitrogens with one attached hydrogen (secondary N) is 1. The molecule has 10 nitrogen and oxygen atoms in total. The van der Waals surface area contributed by atoms with Crippen molar-refractivity contribution in [2.45, 2.75) is 45.8 Å². The topological polar surface area (TPSA) is 114 Å². The van der Waals surface area contributed by atoms with Crippen molar-refractivity contribution in [1.82, 2.24) is 19.4 Å². The molecule has 10 heteroatoms. The molecule has 0 saturated carbocycles. The zero-order chi connectivity index (χ0) is 25.1. The first kappa shape index (κ1) is 24.3. The minimum atomic E-state index is -0.473. The number of amides is 2. The lowest BCUT2D eigenvalue weighted by molar-refractivity contribution is -0.384. The molecule has 2 unspecified atom stereocenters. The average molecular weight is 479 g/mol. The third-order valence-electron chi connectivity index (χ3n) is 6.58. The van der Waals surface area contributed by atoms with Gasteiger partial charge in [0.25, 0.3) is 11.2 Å². The number of para-hydroxylation sites is 1. The summed E-state index contributed by atoms with van der Waals surface area (Å²) in [6.45, 7) is 8.37. The van der Waals surface area contributed by atoms with E-state index in [-0.39, 0.29) is 29.4 Å². The highest BCUT2D eigenvalue weighted by atomic mass is 16.6. The summed E-state index contributed by atoms with van der Waals surface area (Å²) in [6, 6.07) is 12.9. The number of nitrogens with zero attached hydrogens (tertiary/aromatic N) is 5. The number of nitro benzene ring substituents is 1. The molecule has 0 aliphatic carbocycles. The van der Waals surface area contributed by atoms with Crippen molar-refractivity contribution >= 4 is 28.3 Å². The molecular weight excluding hydrogens is 448 g/mol. The number of carbonyl (C=O) groups excluding carboxylic acids is 1. The van der Waals surface area contributed by atoms with Gasteiger partial charge in [-0.15, -0.1) is 0 Å². The molecule has 2 atom stereocenters. The summed E-state index contributed by atoms with van der Waals surface area (Å²) in [5.74, 6) is 0.759. The van der Waals surface area contributed by atoms with Gasteiger partial charge in [0.1, 0.15) is 5.82 Å². The van der Waals surface area contributed by atoms with Crippen molar-refractivity contribution in [1.29, 1.82) is 0 Å². The van der Waals surface area contributed by atoms with Gasteiger partial charge >= 0.3 is 6.03 Å². The number of fused-ring (bicyclic) bond motifs is 1. The number of anilines is 1. The van der Waals surface area contributed by atoms with E-state index in [1.54, 1.807) is 9.47 Å². The van der Waals surface area contributed by atoms with E-state index in [0.29, 0.717) is 42.8 Å². The maximum Gasteiger partial charge on any atom is 0.322 e. The summed E-state index contributed by atoms with van der Waals surface area (Å²) in [6.07, 6.45) is 0.784. The van der Waals surface area contributed by atoms with Crippen molar-refractivity contribution in [2.75, 3.05) is 25.0 Å². The molecule has 184 valence electrons. The first-order valence-corrected chi connectivity index (χ1v) is 11.9. The summed E-state index contributed by atoms with van der Waals surface area (Å²) >= 11 is 0. The Bertz CT molecular complexity index is 1290. The molecule has 0 radical (unpaired) electrons. The summed E-state index contributed by atoms with van der Waals surface area (Å²) in [5, 5.41) is 14.3. The van der Waals surface area contributed by atoms with Crippen LogP contribution in [-0.4, -0.2) is 56.0 Å². The summed E-state index contributed by atoms with van der Waals surface area (Å²) in [5.41, 5.74) is 1.16. The smallest absolute Gasteiger partial charge is 0.319 e. The third kappa shape index (κ3) is 4.88. The monoisotopic (exact) mass is 478 g/mol. The molecule has 35 heavy (non-hydrogen) atoms. The molecule has 2 heterocycles. The van der Waals surface area contributed by atoms with Crippen molar-refractivity contribution in [3.05, 3.63) is 74.8 Å². The predicted octanol–water partition coefficient (Wildman–Crippen LogP) is 4.01. The van der Waals surface area contributed by atoms with Crippen LogP contribution in [0.2, 0.25) is 0 Å². The first-order valence-electron chi connectivity index (χ1n) is 11.9. The Morgan fingerprint density at radius 2 is 1.89 bits per heavy atom. The van der Waals surface area contributed by atoms with E-state index >= 15 is 0 Å². The van der Waals surface area contributed by atoms with Crippen molar-refractivity contribution in [3.8, 4) is 0 Å². The summed E-state index contributed by atoms with van der Waals surface area (Å²) in [4.78, 5) is 45.4. The molecule has 4 rings (SSSR count). The first-order chi connectivity index (χ1) is 16.8. The van der Waals surface area contributed by atoms with Gasteiger partial charge in [-0.3, -0.25) is 24.4 Å². The second-order valence-corrected chi connectivity index (χ2v) is 8.73. The quantitative estimate of drug-likeness (QED) is 0.423. The second kappa shape index (κ2) is 10.2. The number of non-ortho nitro benzene ring substituents is 1. The number of urea groups is 1. The SMILES string of the molecule is CCC(c1nc2ccccc2c(=O)n1CC)N1CCN(C(=O)Nc2ccc([N+](=O)[O-])cc2)C(C)C1. The van der Waals surface area contributed by atoms with Crippen molar-refractivity contribution in [3.63, 3.8) is 0 Å². The van der Waals surface area contributed by atoms with Crippen LogP contribution in [0.15, 0.2) is 53.3 Å². The molecular formula is C25H30N6O4. The van der Waals surface area contributed by atoms with Gasteiger partial charge in [-0.25, -0.2) is 9.78 Å². The van der Waals surface area contributed by atoms with Gasteiger partial charge in [0.2, 0.25) is 0 Å². The van der Waals surface area contributed by atoms with Gasteiger partial charge in [-0.1, -0.05) is 19.1 Å². The van der Waals surface area contributed by atoms with E-state index in [2.05, 4.69) is 17.1 Å². The predicted molar refractivity (Wildman–Crippen MR) is 135 cm³/mol. The maximum absolute atomic E-state index is 13.1. The van der Waals surface area contributed by atoms with E-state index in [1.807, 2.05) is 38.1 Å². The normalized spacial score (nSPS) is 17.3. The van der Waals surface area contributed by atoms with Crippen LogP contribution in [0.3, 0.4) is 0 Å². The summed E-state index contributed by atoms with van der Waals surface area (Å²) in [7, 11) is 0. The fraction of sp³-hybridized carbons (Fsp3) is 0.400. The molecule has 2 aromatic carbocycles. The minimum Gasteiger partial charge on any atom is -0.319 e. The Hall–Kier alpha value is -3.79. The Labute approximate surface area is 203 Å². The number of aromatic nitrogens is 2. The van der Waals surface area contributed by atoms with E-state index in [0.717, 1.165) is 12.2 Å². The number of carbonyl (C=O) groups is 1. The van der Waals surface area contributed by atoms with Gasteiger partial charge in [0.05, 0.1) is 21.9 Å². The maximum atomic E-state index is 13.1. The lowest BCUT2D eigenvalue weighted by atomic mass is 10.1. The van der Waals surface area contributed by atoms with Crippen LogP contribution in [-0.2, 0) is 6.54 Å². The third-order valence-corrected chi connectivity index (χ3v) is 6.58. The van der Waals surface area contributed by atoms with Crippen LogP contribution in [0.4, 0.5) is 16.2 Å². The zero-order valence-electron chi connectivity index (χ0n) is 20.2. The molecule has 1 aliphatic rings. The van der Waals surface area contributed by atoms with Crippen molar-refractivity contribution in [2.24, 2.45) is 0 Å². The molecule has 0 bridgehead atoms. The number of piperazine rings is 1. The number of nitro groups is 1. The largest absolute Gasteiger partial charge is 0.322 e. The fourth-order valence-electron chi connectivity index (χ4n) is 4.78. The highest BCUT2D eigenvalue weighted by Crippen LogP contribution is 2.27. The van der Waals surface area contributed by atoms with Crippen LogP contribution in [0.25, 0.3) is 10.9 Å². The Morgan fingerprint density at radius 3 is 2.51 bits per heavy atom. The zero-order valence-corrected chi connectivity index (χ0v) is 20.2. The fourth-order valence-corrected chi connectivity index (χ4v) is 4.78. The highest BCUT2D eigenvalue weighted by Gasteiger charge is 2.33. The van der Waals surface area contributed by atoms with Gasteiger partial charge in [0, 0.05) is 50.0 Å². The van der Waals surface area contributed by atoms with Gasteiger partial charge in [-0.2, -0.15) is 0 Å². The molecule has 1 N–H and O–H groups in total. The lowest BCUT2D eigenvalue weighted by Crippen LogP contribution is -2.56. The molecule has 0 spiro atoms. The standard InChI is InChI=1S/C25H30N6O4/c1-4-22(23-27-21-9-7-6-8-20(21)24(32)29(23)5-2)28-14-15-30(17(3)16-28)25(33)26-18-10-12-19(13-11-18)31(34)35/h6-13,17,22H,4-5,14-16H2,1-3H3,(H,26,33). The van der Waals surface area contributed by atoms with Gasteiger partial charge < -0.3 is 10.2 Å². The Kier molecular flexibility index (Phi) is 7.11. The second-order valence-electron chi connectivity index (χ2n) is 8.73.